The number of benzene rings is 2. The first-order valence-electron chi connectivity index (χ1n) is 8.93. The van der Waals surface area contributed by atoms with Gasteiger partial charge in [0.2, 0.25) is 0 Å². The topological polar surface area (TPSA) is 87.5 Å². The molecule has 0 N–H and O–H groups in total. The molecule has 7 heteroatoms. The minimum absolute atomic E-state index is 0.191. The molecular weight excluding hydrogens is 372 g/mol. The summed E-state index contributed by atoms with van der Waals surface area (Å²) in [6.45, 7) is 1.48. The summed E-state index contributed by atoms with van der Waals surface area (Å²) in [6, 6.07) is 17.1. The summed E-state index contributed by atoms with van der Waals surface area (Å²) in [5.41, 5.74) is 1.13. The molecule has 0 aliphatic carbocycles. The highest BCUT2D eigenvalue weighted by Gasteiger charge is 2.29. The lowest BCUT2D eigenvalue weighted by molar-refractivity contribution is -0.144. The first kappa shape index (κ1) is 20.0. The van der Waals surface area contributed by atoms with E-state index in [1.807, 2.05) is 36.4 Å². The molecule has 3 rings (SSSR count). The molecule has 0 unspecified atom stereocenters. The molecule has 3 aromatic rings. The number of carbonyl (C=O) groups excluding carboxylic acids is 2. The van der Waals surface area contributed by atoms with Crippen LogP contribution in [0.1, 0.15) is 23.3 Å². The Morgan fingerprint density at radius 1 is 0.897 bits per heavy atom. The van der Waals surface area contributed by atoms with E-state index in [1.165, 1.54) is 21.1 Å². The lowest BCUT2D eigenvalue weighted by Crippen LogP contribution is -2.36. The summed E-state index contributed by atoms with van der Waals surface area (Å²) in [6.07, 6.45) is 0. The second-order valence-electron chi connectivity index (χ2n) is 6.27. The van der Waals surface area contributed by atoms with Crippen LogP contribution in [0.3, 0.4) is 0 Å². The SMILES string of the molecule is COC(=O)c1c(-c2ccccc2)c(-c2ccccc2)nn([C@H](C)C(=O)OC)c1=O. The molecule has 0 amide bonds. The van der Waals surface area contributed by atoms with Crippen molar-refractivity contribution in [2.75, 3.05) is 14.2 Å². The van der Waals surface area contributed by atoms with Crippen LogP contribution in [0.4, 0.5) is 0 Å². The maximum atomic E-state index is 13.2. The van der Waals surface area contributed by atoms with E-state index in [9.17, 15) is 14.4 Å². The maximum Gasteiger partial charge on any atom is 0.344 e. The Morgan fingerprint density at radius 2 is 1.45 bits per heavy atom. The van der Waals surface area contributed by atoms with Gasteiger partial charge in [-0.2, -0.15) is 5.10 Å². The molecule has 0 saturated carbocycles. The van der Waals surface area contributed by atoms with Gasteiger partial charge >= 0.3 is 11.9 Å². The van der Waals surface area contributed by atoms with Gasteiger partial charge in [-0.05, 0) is 12.5 Å². The number of hydrogen-bond acceptors (Lipinski definition) is 6. The van der Waals surface area contributed by atoms with Gasteiger partial charge in [0.1, 0.15) is 5.56 Å². The van der Waals surface area contributed by atoms with E-state index in [1.54, 1.807) is 24.3 Å². The van der Waals surface area contributed by atoms with Crippen molar-refractivity contribution in [2.24, 2.45) is 0 Å². The van der Waals surface area contributed by atoms with E-state index in [2.05, 4.69) is 5.10 Å². The monoisotopic (exact) mass is 392 g/mol. The third kappa shape index (κ3) is 3.80. The van der Waals surface area contributed by atoms with Crippen LogP contribution >= 0.6 is 0 Å². The molecule has 1 heterocycles. The lowest BCUT2D eigenvalue weighted by atomic mass is 9.95. The van der Waals surface area contributed by atoms with Crippen LogP contribution < -0.4 is 5.56 Å². The maximum absolute atomic E-state index is 13.2. The first-order chi connectivity index (χ1) is 14.0. The second-order valence-corrected chi connectivity index (χ2v) is 6.27. The third-order valence-corrected chi connectivity index (χ3v) is 4.52. The lowest BCUT2D eigenvalue weighted by Gasteiger charge is -2.18. The molecule has 0 spiro atoms. The van der Waals surface area contributed by atoms with Crippen molar-refractivity contribution < 1.29 is 19.1 Å². The largest absolute Gasteiger partial charge is 0.467 e. The molecule has 148 valence electrons. The Hall–Kier alpha value is -3.74. The van der Waals surface area contributed by atoms with E-state index in [-0.39, 0.29) is 5.56 Å². The summed E-state index contributed by atoms with van der Waals surface area (Å²) in [4.78, 5) is 37.9. The zero-order valence-electron chi connectivity index (χ0n) is 16.3. The number of methoxy groups -OCH3 is 2. The Bertz CT molecular complexity index is 1090. The number of ether oxygens (including phenoxy) is 2. The van der Waals surface area contributed by atoms with Crippen molar-refractivity contribution in [1.29, 1.82) is 0 Å². The standard InChI is InChI=1S/C22H20N2O5/c1-14(21(26)28-2)24-20(25)18(22(27)29-3)17(15-10-6-4-7-11-15)19(23-24)16-12-8-5-9-13-16/h4-14H,1-3H3/t14-/m1/s1. The van der Waals surface area contributed by atoms with Crippen molar-refractivity contribution >= 4 is 11.9 Å². The molecule has 29 heavy (non-hydrogen) atoms. The van der Waals surface area contributed by atoms with Gasteiger partial charge in [0.05, 0.1) is 19.9 Å². The average Bonchev–Trinajstić information content (AvgIpc) is 2.78. The van der Waals surface area contributed by atoms with Gasteiger partial charge in [0, 0.05) is 11.1 Å². The molecule has 2 aromatic carbocycles. The molecule has 0 aliphatic rings. The highest BCUT2D eigenvalue weighted by molar-refractivity contribution is 6.00. The van der Waals surface area contributed by atoms with Crippen molar-refractivity contribution in [2.45, 2.75) is 13.0 Å². The van der Waals surface area contributed by atoms with Crippen LogP contribution in [-0.2, 0) is 14.3 Å². The minimum atomic E-state index is -1.02. The highest BCUT2D eigenvalue weighted by Crippen LogP contribution is 2.32. The number of carbonyl (C=O) groups is 2. The molecule has 0 bridgehead atoms. The number of rotatable bonds is 5. The fourth-order valence-corrected chi connectivity index (χ4v) is 3.05. The van der Waals surface area contributed by atoms with E-state index < -0.39 is 23.5 Å². The van der Waals surface area contributed by atoms with Crippen molar-refractivity contribution in [3.63, 3.8) is 0 Å². The van der Waals surface area contributed by atoms with Crippen molar-refractivity contribution in [3.05, 3.63) is 76.6 Å². The van der Waals surface area contributed by atoms with E-state index in [4.69, 9.17) is 9.47 Å². The van der Waals surface area contributed by atoms with Crippen LogP contribution in [0.2, 0.25) is 0 Å². The Labute approximate surface area is 167 Å². The van der Waals surface area contributed by atoms with Crippen LogP contribution in [0.15, 0.2) is 65.5 Å². The quantitative estimate of drug-likeness (QED) is 0.620. The van der Waals surface area contributed by atoms with Gasteiger partial charge in [0.15, 0.2) is 6.04 Å². The molecule has 1 aromatic heterocycles. The molecular formula is C22H20N2O5. The fourth-order valence-electron chi connectivity index (χ4n) is 3.05. The summed E-state index contributed by atoms with van der Waals surface area (Å²) in [7, 11) is 2.43. The van der Waals surface area contributed by atoms with Crippen molar-refractivity contribution in [1.82, 2.24) is 9.78 Å². The predicted molar refractivity (Wildman–Crippen MR) is 107 cm³/mol. The highest BCUT2D eigenvalue weighted by atomic mass is 16.5. The predicted octanol–water partition coefficient (Wildman–Crippen LogP) is 3.10. The number of aromatic nitrogens is 2. The molecule has 0 fully saturated rings. The Balaban J connectivity index is 2.45. The molecule has 7 nitrogen and oxygen atoms in total. The number of nitrogens with zero attached hydrogens (tertiary/aromatic N) is 2. The van der Waals surface area contributed by atoms with E-state index in [0.29, 0.717) is 22.4 Å². The van der Waals surface area contributed by atoms with Crippen LogP contribution in [0.25, 0.3) is 22.4 Å². The van der Waals surface area contributed by atoms with Crippen LogP contribution in [0, 0.1) is 0 Å². The van der Waals surface area contributed by atoms with Gasteiger partial charge in [-0.1, -0.05) is 60.7 Å². The Morgan fingerprint density at radius 3 is 1.97 bits per heavy atom. The first-order valence-corrected chi connectivity index (χ1v) is 8.93. The normalized spacial score (nSPS) is 11.6. The van der Waals surface area contributed by atoms with Crippen LogP contribution in [0.5, 0.6) is 0 Å². The number of esters is 2. The van der Waals surface area contributed by atoms with Crippen LogP contribution in [-0.4, -0.2) is 35.9 Å². The molecule has 1 atom stereocenters. The number of hydrogen-bond donors (Lipinski definition) is 0. The smallest absolute Gasteiger partial charge is 0.344 e. The zero-order valence-corrected chi connectivity index (χ0v) is 16.3. The summed E-state index contributed by atoms with van der Waals surface area (Å²) < 4.78 is 10.6. The summed E-state index contributed by atoms with van der Waals surface area (Å²) in [5.74, 6) is -1.46. The summed E-state index contributed by atoms with van der Waals surface area (Å²) in [5, 5.41) is 4.46. The van der Waals surface area contributed by atoms with Gasteiger partial charge in [-0.3, -0.25) is 4.79 Å². The van der Waals surface area contributed by atoms with Gasteiger partial charge < -0.3 is 9.47 Å². The third-order valence-electron chi connectivity index (χ3n) is 4.52. The van der Waals surface area contributed by atoms with Gasteiger partial charge in [-0.25, -0.2) is 14.3 Å². The Kier molecular flexibility index (Phi) is 5.87. The fraction of sp³-hybridized carbons (Fsp3) is 0.182. The molecule has 0 aliphatic heterocycles. The molecule has 0 radical (unpaired) electrons. The van der Waals surface area contributed by atoms with E-state index in [0.717, 1.165) is 4.68 Å². The molecule has 0 saturated heterocycles. The second kappa shape index (κ2) is 8.52. The summed E-state index contributed by atoms with van der Waals surface area (Å²) >= 11 is 0. The minimum Gasteiger partial charge on any atom is -0.467 e. The van der Waals surface area contributed by atoms with Gasteiger partial charge in [-0.15, -0.1) is 0 Å². The average molecular weight is 392 g/mol. The van der Waals surface area contributed by atoms with E-state index >= 15 is 0 Å². The van der Waals surface area contributed by atoms with Gasteiger partial charge in [0.25, 0.3) is 5.56 Å². The zero-order chi connectivity index (χ0) is 21.0. The van der Waals surface area contributed by atoms with Crippen molar-refractivity contribution in [3.8, 4) is 22.4 Å².